The van der Waals surface area contributed by atoms with Gasteiger partial charge in [0.05, 0.1) is 6.20 Å². The van der Waals surface area contributed by atoms with Gasteiger partial charge >= 0.3 is 0 Å². The van der Waals surface area contributed by atoms with Crippen molar-refractivity contribution in [1.29, 1.82) is 0 Å². The number of nitrogens with zero attached hydrogens (tertiary/aromatic N) is 2. The van der Waals surface area contributed by atoms with E-state index in [-0.39, 0.29) is 5.03 Å². The third-order valence-electron chi connectivity index (χ3n) is 3.46. The lowest BCUT2D eigenvalue weighted by atomic mass is 10.1. The highest BCUT2D eigenvalue weighted by Crippen LogP contribution is 2.28. The molecular formula is C13H16N4O2S. The first-order valence-electron chi connectivity index (χ1n) is 6.36. The average Bonchev–Trinajstić information content (AvgIpc) is 3.05. The van der Waals surface area contributed by atoms with Gasteiger partial charge in [0, 0.05) is 25.2 Å². The molecule has 0 saturated heterocycles. The highest BCUT2D eigenvalue weighted by Gasteiger charge is 2.32. The molecule has 0 aliphatic carbocycles. The van der Waals surface area contributed by atoms with Gasteiger partial charge in [-0.2, -0.15) is 9.40 Å². The lowest BCUT2D eigenvalue weighted by Crippen LogP contribution is -2.27. The average molecular weight is 292 g/mol. The normalized spacial score (nSPS) is 15.4. The smallest absolute Gasteiger partial charge is 0.260 e. The minimum atomic E-state index is -3.54. The molecule has 1 aliphatic rings. The Hall–Kier alpha value is -1.70. The summed E-state index contributed by atoms with van der Waals surface area (Å²) in [6.07, 6.45) is 1.55. The zero-order valence-corrected chi connectivity index (χ0v) is 11.9. The molecule has 0 bridgehead atoms. The molecule has 0 unspecified atom stereocenters. The maximum absolute atomic E-state index is 12.7. The number of hydrogen-bond acceptors (Lipinski definition) is 4. The highest BCUT2D eigenvalue weighted by atomic mass is 32.2. The second kappa shape index (κ2) is 5.01. The predicted molar refractivity (Wildman–Crippen MR) is 74.2 cm³/mol. The summed E-state index contributed by atoms with van der Waals surface area (Å²) in [6, 6.07) is 7.79. The number of nitrogens with one attached hydrogen (secondary N) is 2. The van der Waals surface area contributed by atoms with Gasteiger partial charge in [-0.1, -0.05) is 24.3 Å². The second-order valence-electron chi connectivity index (χ2n) is 4.80. The molecule has 20 heavy (non-hydrogen) atoms. The van der Waals surface area contributed by atoms with Crippen LogP contribution in [-0.2, 0) is 29.7 Å². The highest BCUT2D eigenvalue weighted by molar-refractivity contribution is 7.89. The zero-order valence-electron chi connectivity index (χ0n) is 11.1. The molecule has 106 valence electrons. The molecule has 0 fully saturated rings. The van der Waals surface area contributed by atoms with Gasteiger partial charge in [-0.15, -0.1) is 0 Å². The molecule has 0 amide bonds. The summed E-state index contributed by atoms with van der Waals surface area (Å²) in [5.41, 5.74) is 2.78. The van der Waals surface area contributed by atoms with Gasteiger partial charge in [0.15, 0.2) is 5.03 Å². The number of benzene rings is 1. The van der Waals surface area contributed by atoms with Crippen molar-refractivity contribution in [2.24, 2.45) is 0 Å². The molecule has 2 heterocycles. The van der Waals surface area contributed by atoms with E-state index in [0.29, 0.717) is 25.2 Å². The van der Waals surface area contributed by atoms with Crippen LogP contribution < -0.4 is 5.32 Å². The maximum Gasteiger partial charge on any atom is 0.260 e. The standard InChI is InChI=1S/C13H16N4O2S/c1-14-6-12-7-15-16-13(12)20(18,19)17-8-10-4-2-3-5-11(10)9-17/h2-5,7,14H,6,8-9H2,1H3,(H,15,16). The zero-order chi connectivity index (χ0) is 14.2. The van der Waals surface area contributed by atoms with Crippen LogP contribution in [0.4, 0.5) is 0 Å². The molecule has 0 radical (unpaired) electrons. The molecule has 0 spiro atoms. The van der Waals surface area contributed by atoms with Crippen molar-refractivity contribution >= 4 is 10.0 Å². The lowest BCUT2D eigenvalue weighted by Gasteiger charge is -2.15. The Morgan fingerprint density at radius 2 is 1.95 bits per heavy atom. The third kappa shape index (κ3) is 2.13. The van der Waals surface area contributed by atoms with Crippen molar-refractivity contribution in [2.75, 3.05) is 7.05 Å². The van der Waals surface area contributed by atoms with Crippen LogP contribution >= 0.6 is 0 Å². The molecule has 1 aromatic heterocycles. The maximum atomic E-state index is 12.7. The second-order valence-corrected chi connectivity index (χ2v) is 6.67. The Labute approximate surface area is 117 Å². The molecule has 2 aromatic rings. The Kier molecular flexibility index (Phi) is 3.33. The minimum absolute atomic E-state index is 0.180. The Balaban J connectivity index is 1.93. The van der Waals surface area contributed by atoms with E-state index in [0.717, 1.165) is 11.1 Å². The third-order valence-corrected chi connectivity index (χ3v) is 5.26. The molecule has 0 atom stereocenters. The van der Waals surface area contributed by atoms with E-state index in [9.17, 15) is 8.42 Å². The Bertz CT molecular complexity index is 698. The predicted octanol–water partition coefficient (Wildman–Crippen LogP) is 0.834. The van der Waals surface area contributed by atoms with E-state index in [1.807, 2.05) is 24.3 Å². The van der Waals surface area contributed by atoms with Crippen LogP contribution in [0.2, 0.25) is 0 Å². The first-order chi connectivity index (χ1) is 9.63. The molecule has 3 rings (SSSR count). The molecular weight excluding hydrogens is 276 g/mol. The van der Waals surface area contributed by atoms with Crippen LogP contribution in [0.25, 0.3) is 0 Å². The van der Waals surface area contributed by atoms with Gasteiger partial charge in [0.1, 0.15) is 0 Å². The first-order valence-corrected chi connectivity index (χ1v) is 7.80. The Morgan fingerprint density at radius 1 is 1.30 bits per heavy atom. The van der Waals surface area contributed by atoms with Crippen molar-refractivity contribution in [2.45, 2.75) is 24.7 Å². The molecule has 7 heteroatoms. The van der Waals surface area contributed by atoms with E-state index in [1.54, 1.807) is 13.2 Å². The van der Waals surface area contributed by atoms with E-state index >= 15 is 0 Å². The number of hydrogen-bond donors (Lipinski definition) is 2. The van der Waals surface area contributed by atoms with E-state index < -0.39 is 10.0 Å². The summed E-state index contributed by atoms with van der Waals surface area (Å²) < 4.78 is 26.8. The summed E-state index contributed by atoms with van der Waals surface area (Å²) in [5.74, 6) is 0. The molecule has 6 nitrogen and oxygen atoms in total. The van der Waals surface area contributed by atoms with Crippen molar-refractivity contribution < 1.29 is 8.42 Å². The van der Waals surface area contributed by atoms with Crippen LogP contribution in [0.5, 0.6) is 0 Å². The number of aromatic nitrogens is 2. The van der Waals surface area contributed by atoms with Crippen LogP contribution in [0, 0.1) is 0 Å². The van der Waals surface area contributed by atoms with Crippen molar-refractivity contribution in [3.05, 3.63) is 47.2 Å². The largest absolute Gasteiger partial charge is 0.316 e. The van der Waals surface area contributed by atoms with E-state index in [4.69, 9.17) is 0 Å². The fourth-order valence-electron chi connectivity index (χ4n) is 2.44. The van der Waals surface area contributed by atoms with Gasteiger partial charge in [-0.25, -0.2) is 8.42 Å². The summed E-state index contributed by atoms with van der Waals surface area (Å²) in [4.78, 5) is 0. The Morgan fingerprint density at radius 3 is 2.55 bits per heavy atom. The van der Waals surface area contributed by atoms with Crippen LogP contribution in [0.1, 0.15) is 16.7 Å². The van der Waals surface area contributed by atoms with Crippen molar-refractivity contribution in [3.8, 4) is 0 Å². The summed E-state index contributed by atoms with van der Waals surface area (Å²) in [7, 11) is -1.77. The van der Waals surface area contributed by atoms with Gasteiger partial charge in [0.25, 0.3) is 10.0 Å². The first kappa shape index (κ1) is 13.3. The quantitative estimate of drug-likeness (QED) is 0.875. The topological polar surface area (TPSA) is 78.1 Å². The summed E-state index contributed by atoms with van der Waals surface area (Å²) in [6.45, 7) is 1.29. The van der Waals surface area contributed by atoms with Crippen LogP contribution in [0.3, 0.4) is 0 Å². The fraction of sp³-hybridized carbons (Fsp3) is 0.308. The number of aromatic amines is 1. The number of rotatable bonds is 4. The molecule has 1 aromatic carbocycles. The lowest BCUT2D eigenvalue weighted by molar-refractivity contribution is 0.428. The van der Waals surface area contributed by atoms with Gasteiger partial charge in [-0.3, -0.25) is 5.10 Å². The molecule has 1 aliphatic heterocycles. The fourth-order valence-corrected chi connectivity index (χ4v) is 3.94. The number of sulfonamides is 1. The van der Waals surface area contributed by atoms with Crippen LogP contribution in [0.15, 0.2) is 35.5 Å². The van der Waals surface area contributed by atoms with Gasteiger partial charge in [0.2, 0.25) is 0 Å². The monoisotopic (exact) mass is 292 g/mol. The van der Waals surface area contributed by atoms with Gasteiger partial charge < -0.3 is 5.32 Å². The number of fused-ring (bicyclic) bond motifs is 1. The van der Waals surface area contributed by atoms with Crippen molar-refractivity contribution in [3.63, 3.8) is 0 Å². The van der Waals surface area contributed by atoms with E-state index in [1.165, 1.54) is 4.31 Å². The van der Waals surface area contributed by atoms with Crippen LogP contribution in [-0.4, -0.2) is 30.0 Å². The molecule has 0 saturated carbocycles. The minimum Gasteiger partial charge on any atom is -0.316 e. The summed E-state index contributed by atoms with van der Waals surface area (Å²) in [5, 5.41) is 9.60. The van der Waals surface area contributed by atoms with Gasteiger partial charge in [-0.05, 0) is 18.2 Å². The van der Waals surface area contributed by atoms with E-state index in [2.05, 4.69) is 15.5 Å². The number of H-pyrrole nitrogens is 1. The SMILES string of the molecule is CNCc1cn[nH]c1S(=O)(=O)N1Cc2ccccc2C1. The molecule has 2 N–H and O–H groups in total. The summed E-state index contributed by atoms with van der Waals surface area (Å²) >= 11 is 0. The van der Waals surface area contributed by atoms with Crippen molar-refractivity contribution in [1.82, 2.24) is 19.8 Å².